The fourth-order valence-electron chi connectivity index (χ4n) is 1.80. The quantitative estimate of drug-likeness (QED) is 0.916. The van der Waals surface area contributed by atoms with Gasteiger partial charge in [-0.2, -0.15) is 4.98 Å². The van der Waals surface area contributed by atoms with Crippen LogP contribution in [0.4, 0.5) is 4.39 Å². The van der Waals surface area contributed by atoms with Crippen LogP contribution in [0.1, 0.15) is 36.5 Å². The molecule has 0 spiro atoms. The van der Waals surface area contributed by atoms with E-state index in [1.807, 2.05) is 6.92 Å². The summed E-state index contributed by atoms with van der Waals surface area (Å²) in [5.74, 6) is 0.539. The molecule has 2 rings (SSSR count). The minimum absolute atomic E-state index is 0.0467. The number of aromatic nitrogens is 2. The zero-order valence-corrected chi connectivity index (χ0v) is 11.3. The minimum Gasteiger partial charge on any atom is -0.339 e. The zero-order valence-electron chi connectivity index (χ0n) is 10.6. The molecule has 1 aromatic heterocycles. The second-order valence-corrected chi connectivity index (χ2v) is 4.69. The third kappa shape index (κ3) is 3.11. The van der Waals surface area contributed by atoms with Crippen LogP contribution >= 0.6 is 11.6 Å². The van der Waals surface area contributed by atoms with Crippen LogP contribution in [0.25, 0.3) is 0 Å². The van der Waals surface area contributed by atoms with Crippen LogP contribution < -0.4 is 5.73 Å². The summed E-state index contributed by atoms with van der Waals surface area (Å²) in [5.41, 5.74) is 6.06. The van der Waals surface area contributed by atoms with E-state index in [0.29, 0.717) is 23.8 Å². The Bertz CT molecular complexity index is 555. The monoisotopic (exact) mass is 283 g/mol. The molecule has 0 radical (unpaired) electrons. The van der Waals surface area contributed by atoms with Gasteiger partial charge in [-0.1, -0.05) is 35.8 Å². The van der Waals surface area contributed by atoms with Crippen LogP contribution in [0.15, 0.2) is 22.7 Å². The van der Waals surface area contributed by atoms with Gasteiger partial charge in [0.05, 0.1) is 10.9 Å². The molecular formula is C13H15ClFN3O. The zero-order chi connectivity index (χ0) is 13.8. The third-order valence-electron chi connectivity index (χ3n) is 2.99. The number of hydrogen-bond donors (Lipinski definition) is 1. The molecular weight excluding hydrogens is 269 g/mol. The van der Waals surface area contributed by atoms with Crippen molar-refractivity contribution in [3.05, 3.63) is 46.3 Å². The first-order valence-electron chi connectivity index (χ1n) is 6.11. The molecule has 0 aliphatic heterocycles. The molecule has 0 saturated heterocycles. The smallest absolute Gasteiger partial charge is 0.231 e. The first-order chi connectivity index (χ1) is 9.15. The summed E-state index contributed by atoms with van der Waals surface area (Å²) >= 11 is 5.72. The van der Waals surface area contributed by atoms with Crippen molar-refractivity contribution in [2.45, 2.75) is 25.7 Å². The number of halogens is 2. The Labute approximate surface area is 115 Å². The predicted molar refractivity (Wildman–Crippen MR) is 70.6 cm³/mol. The van der Waals surface area contributed by atoms with Gasteiger partial charge >= 0.3 is 0 Å². The van der Waals surface area contributed by atoms with E-state index in [1.165, 1.54) is 6.07 Å². The van der Waals surface area contributed by atoms with Gasteiger partial charge in [-0.15, -0.1) is 0 Å². The first kappa shape index (κ1) is 14.0. The van der Waals surface area contributed by atoms with Crippen molar-refractivity contribution in [1.82, 2.24) is 10.1 Å². The van der Waals surface area contributed by atoms with Gasteiger partial charge in [0.15, 0.2) is 5.82 Å². The van der Waals surface area contributed by atoms with E-state index in [4.69, 9.17) is 21.9 Å². The van der Waals surface area contributed by atoms with Gasteiger partial charge in [0.2, 0.25) is 5.89 Å². The normalized spacial score (nSPS) is 12.6. The van der Waals surface area contributed by atoms with Crippen LogP contribution in [0.3, 0.4) is 0 Å². The van der Waals surface area contributed by atoms with Crippen molar-refractivity contribution in [1.29, 1.82) is 0 Å². The highest BCUT2D eigenvalue weighted by molar-refractivity contribution is 6.30. The largest absolute Gasteiger partial charge is 0.339 e. The molecule has 0 amide bonds. The second-order valence-electron chi connectivity index (χ2n) is 4.28. The van der Waals surface area contributed by atoms with E-state index in [-0.39, 0.29) is 17.4 Å². The van der Waals surface area contributed by atoms with Gasteiger partial charge in [-0.05, 0) is 18.1 Å². The molecule has 1 unspecified atom stereocenters. The van der Waals surface area contributed by atoms with Crippen LogP contribution in [0.2, 0.25) is 5.02 Å². The second kappa shape index (κ2) is 6.12. The Balaban J connectivity index is 2.18. The summed E-state index contributed by atoms with van der Waals surface area (Å²) in [6, 6.07) is 4.84. The molecule has 2 N–H and O–H groups in total. The van der Waals surface area contributed by atoms with E-state index >= 15 is 0 Å². The highest BCUT2D eigenvalue weighted by Crippen LogP contribution is 2.21. The molecule has 0 fully saturated rings. The van der Waals surface area contributed by atoms with Crippen molar-refractivity contribution in [2.75, 3.05) is 6.54 Å². The van der Waals surface area contributed by atoms with Crippen LogP contribution in [0, 0.1) is 5.82 Å². The molecule has 1 heterocycles. The SMILES string of the molecule is CCC(CN)c1nc(Cc2cccc(Cl)c2F)no1. The number of nitrogens with two attached hydrogens (primary N) is 1. The van der Waals surface area contributed by atoms with Crippen molar-refractivity contribution >= 4 is 11.6 Å². The lowest BCUT2D eigenvalue weighted by molar-refractivity contribution is 0.348. The summed E-state index contributed by atoms with van der Waals surface area (Å²) < 4.78 is 18.9. The minimum atomic E-state index is -0.443. The number of nitrogens with zero attached hydrogens (tertiary/aromatic N) is 2. The maximum absolute atomic E-state index is 13.7. The van der Waals surface area contributed by atoms with E-state index < -0.39 is 5.82 Å². The standard InChI is InChI=1S/C13H15ClFN3O/c1-2-8(7-16)13-17-11(18-19-13)6-9-4-3-5-10(14)12(9)15/h3-5,8H,2,6-7,16H2,1H3. The highest BCUT2D eigenvalue weighted by atomic mass is 35.5. The van der Waals surface area contributed by atoms with E-state index in [2.05, 4.69) is 10.1 Å². The molecule has 6 heteroatoms. The summed E-state index contributed by atoms with van der Waals surface area (Å²) in [5, 5.41) is 3.94. The van der Waals surface area contributed by atoms with Crippen molar-refractivity contribution in [3.63, 3.8) is 0 Å². The van der Waals surface area contributed by atoms with Crippen LogP contribution in [-0.2, 0) is 6.42 Å². The van der Waals surface area contributed by atoms with Crippen LogP contribution in [0.5, 0.6) is 0 Å². The first-order valence-corrected chi connectivity index (χ1v) is 6.49. The molecule has 4 nitrogen and oxygen atoms in total. The van der Waals surface area contributed by atoms with Gasteiger partial charge in [0.1, 0.15) is 5.82 Å². The fourth-order valence-corrected chi connectivity index (χ4v) is 2.00. The average molecular weight is 284 g/mol. The molecule has 1 aromatic carbocycles. The summed E-state index contributed by atoms with van der Waals surface area (Å²) in [6.07, 6.45) is 1.07. The van der Waals surface area contributed by atoms with Gasteiger partial charge in [-0.25, -0.2) is 4.39 Å². The van der Waals surface area contributed by atoms with E-state index in [0.717, 1.165) is 6.42 Å². The lowest BCUT2D eigenvalue weighted by Gasteiger charge is -2.04. The van der Waals surface area contributed by atoms with Crippen molar-refractivity contribution < 1.29 is 8.91 Å². The number of hydrogen-bond acceptors (Lipinski definition) is 4. The lowest BCUT2D eigenvalue weighted by Crippen LogP contribution is -2.11. The van der Waals surface area contributed by atoms with Crippen LogP contribution in [-0.4, -0.2) is 16.7 Å². The van der Waals surface area contributed by atoms with Crippen molar-refractivity contribution in [2.24, 2.45) is 5.73 Å². The van der Waals surface area contributed by atoms with Gasteiger partial charge in [0, 0.05) is 13.0 Å². The van der Waals surface area contributed by atoms with E-state index in [9.17, 15) is 4.39 Å². The lowest BCUT2D eigenvalue weighted by atomic mass is 10.1. The Hall–Kier alpha value is -1.46. The fraction of sp³-hybridized carbons (Fsp3) is 0.385. The molecule has 0 aliphatic carbocycles. The Kier molecular flexibility index (Phi) is 4.50. The molecule has 2 aromatic rings. The maximum atomic E-state index is 13.7. The Morgan fingerprint density at radius 3 is 2.95 bits per heavy atom. The molecule has 19 heavy (non-hydrogen) atoms. The molecule has 0 saturated carbocycles. The average Bonchev–Trinajstić information content (AvgIpc) is 2.85. The predicted octanol–water partition coefficient (Wildman–Crippen LogP) is 2.91. The topological polar surface area (TPSA) is 64.9 Å². The van der Waals surface area contributed by atoms with Gasteiger partial charge in [-0.3, -0.25) is 0 Å². The third-order valence-corrected chi connectivity index (χ3v) is 3.28. The number of rotatable bonds is 5. The van der Waals surface area contributed by atoms with Gasteiger partial charge < -0.3 is 10.3 Å². The summed E-state index contributed by atoms with van der Waals surface area (Å²) in [7, 11) is 0. The summed E-state index contributed by atoms with van der Waals surface area (Å²) in [4.78, 5) is 4.25. The van der Waals surface area contributed by atoms with Crippen molar-refractivity contribution in [3.8, 4) is 0 Å². The Morgan fingerprint density at radius 1 is 1.47 bits per heavy atom. The highest BCUT2D eigenvalue weighted by Gasteiger charge is 2.17. The molecule has 102 valence electrons. The molecule has 0 bridgehead atoms. The summed E-state index contributed by atoms with van der Waals surface area (Å²) in [6.45, 7) is 2.45. The maximum Gasteiger partial charge on any atom is 0.231 e. The number of benzene rings is 1. The molecule has 1 atom stereocenters. The molecule has 0 aliphatic rings. The van der Waals surface area contributed by atoms with Gasteiger partial charge in [0.25, 0.3) is 0 Å². The Morgan fingerprint density at radius 2 is 2.26 bits per heavy atom. The van der Waals surface area contributed by atoms with E-state index in [1.54, 1.807) is 12.1 Å².